The number of ether oxygens (including phenoxy) is 1. The normalized spacial score (nSPS) is 10.4. The number of hydrogen-bond donors (Lipinski definition) is 2. The molecule has 0 fully saturated rings. The number of amidine groups is 1. The number of anilines is 1. The van der Waals surface area contributed by atoms with Gasteiger partial charge in [0.15, 0.2) is 5.84 Å². The summed E-state index contributed by atoms with van der Waals surface area (Å²) in [6.45, 7) is -0.257. The van der Waals surface area contributed by atoms with Gasteiger partial charge in [-0.15, -0.1) is 0 Å². The minimum absolute atomic E-state index is 0.257. The van der Waals surface area contributed by atoms with Crippen molar-refractivity contribution in [3.63, 3.8) is 0 Å². The molecule has 0 saturated heterocycles. The van der Waals surface area contributed by atoms with Crippen LogP contribution in [0.3, 0.4) is 0 Å². The molecule has 2 aromatic carbocycles. The summed E-state index contributed by atoms with van der Waals surface area (Å²) in [5.41, 5.74) is -0.258. The average Bonchev–Trinajstić information content (AvgIpc) is 2.67. The number of nitrogens with zero attached hydrogens (tertiary/aromatic N) is 3. The zero-order valence-corrected chi connectivity index (χ0v) is 13.5. The van der Waals surface area contributed by atoms with E-state index in [0.717, 1.165) is 0 Å². The van der Waals surface area contributed by atoms with Crippen molar-refractivity contribution in [3.05, 3.63) is 83.2 Å². The Labute approximate surface area is 148 Å². The first kappa shape index (κ1) is 17.3. The highest BCUT2D eigenvalue weighted by Crippen LogP contribution is 2.11. The lowest BCUT2D eigenvalue weighted by Crippen LogP contribution is -2.37. The Morgan fingerprint density at radius 2 is 1.88 bits per heavy atom. The van der Waals surface area contributed by atoms with Gasteiger partial charge in [-0.1, -0.05) is 18.2 Å². The summed E-state index contributed by atoms with van der Waals surface area (Å²) in [5, 5.41) is 18.4. The molecule has 0 amide bonds. The van der Waals surface area contributed by atoms with E-state index in [4.69, 9.17) is 10.1 Å². The van der Waals surface area contributed by atoms with Crippen molar-refractivity contribution in [3.8, 4) is 11.4 Å². The second-order valence-electron chi connectivity index (χ2n) is 5.26. The lowest BCUT2D eigenvalue weighted by Gasteiger charge is -2.17. The number of rotatable bonds is 5. The fourth-order valence-electron chi connectivity index (χ4n) is 2.21. The Hall–Kier alpha value is -3.52. The number of nitrogens with one attached hydrogen (secondary N) is 1. The third-order valence-corrected chi connectivity index (χ3v) is 3.50. The molecule has 0 radical (unpaired) electrons. The minimum atomic E-state index is -0.661. The summed E-state index contributed by atoms with van der Waals surface area (Å²) < 4.78 is 19.6. The molecule has 7 nitrogen and oxygen atoms in total. The van der Waals surface area contributed by atoms with Gasteiger partial charge in [0.05, 0.1) is 0 Å². The second-order valence-corrected chi connectivity index (χ2v) is 5.26. The first-order valence-corrected chi connectivity index (χ1v) is 7.64. The highest BCUT2D eigenvalue weighted by Gasteiger charge is 2.17. The van der Waals surface area contributed by atoms with E-state index in [1.165, 1.54) is 41.2 Å². The van der Waals surface area contributed by atoms with Crippen molar-refractivity contribution in [2.75, 3.05) is 11.7 Å². The smallest absolute Gasteiger partial charge is 0.300 e. The van der Waals surface area contributed by atoms with Gasteiger partial charge >= 0.3 is 5.56 Å². The van der Waals surface area contributed by atoms with Crippen molar-refractivity contribution < 1.29 is 14.3 Å². The molecule has 8 heteroatoms. The summed E-state index contributed by atoms with van der Waals surface area (Å²) in [4.78, 5) is 16.4. The Balaban J connectivity index is 1.80. The maximum atomic E-state index is 13.1. The van der Waals surface area contributed by atoms with Crippen LogP contribution in [0.5, 0.6) is 5.75 Å². The van der Waals surface area contributed by atoms with Crippen LogP contribution in [0.25, 0.3) is 5.69 Å². The SMILES string of the molecule is N=C(COc1ccccc1)N(O)c1nccn(-c2ccc(F)cc2)c1=O. The molecule has 0 bridgehead atoms. The van der Waals surface area contributed by atoms with E-state index < -0.39 is 11.4 Å². The topological polar surface area (TPSA) is 91.4 Å². The first-order valence-electron chi connectivity index (χ1n) is 7.64. The third-order valence-electron chi connectivity index (χ3n) is 3.50. The quantitative estimate of drug-likeness (QED) is 0.417. The molecular weight excluding hydrogens is 339 g/mol. The highest BCUT2D eigenvalue weighted by atomic mass is 19.1. The van der Waals surface area contributed by atoms with E-state index in [1.807, 2.05) is 6.07 Å². The fraction of sp³-hybridized carbons (Fsp3) is 0.0556. The molecule has 26 heavy (non-hydrogen) atoms. The molecule has 0 atom stereocenters. The van der Waals surface area contributed by atoms with E-state index in [2.05, 4.69) is 4.98 Å². The Bertz CT molecular complexity index is 958. The van der Waals surface area contributed by atoms with Crippen molar-refractivity contribution in [1.82, 2.24) is 9.55 Å². The molecule has 0 spiro atoms. The molecule has 3 aromatic rings. The average molecular weight is 354 g/mol. The number of para-hydroxylation sites is 1. The predicted molar refractivity (Wildman–Crippen MR) is 93.7 cm³/mol. The van der Waals surface area contributed by atoms with Crippen LogP contribution in [0.4, 0.5) is 10.2 Å². The summed E-state index contributed by atoms with van der Waals surface area (Å²) in [6.07, 6.45) is 2.69. The monoisotopic (exact) mass is 354 g/mol. The maximum Gasteiger partial charge on any atom is 0.300 e. The fourth-order valence-corrected chi connectivity index (χ4v) is 2.21. The van der Waals surface area contributed by atoms with Gasteiger partial charge in [-0.05, 0) is 36.4 Å². The molecule has 1 aromatic heterocycles. The molecule has 0 aliphatic heterocycles. The number of aromatic nitrogens is 2. The standard InChI is InChI=1S/C18H15FN4O3/c19-13-6-8-14(9-7-13)22-11-10-21-17(18(22)24)23(25)16(20)12-26-15-4-2-1-3-5-15/h1-11,20,25H,12H2. The van der Waals surface area contributed by atoms with Crippen LogP contribution >= 0.6 is 0 Å². The molecule has 132 valence electrons. The molecule has 0 saturated carbocycles. The highest BCUT2D eigenvalue weighted by molar-refractivity contribution is 5.93. The molecule has 0 aliphatic rings. The van der Waals surface area contributed by atoms with Crippen molar-refractivity contribution in [2.24, 2.45) is 0 Å². The lowest BCUT2D eigenvalue weighted by atomic mass is 10.3. The van der Waals surface area contributed by atoms with Crippen LogP contribution < -0.4 is 15.4 Å². The number of benzene rings is 2. The molecule has 2 N–H and O–H groups in total. The third kappa shape index (κ3) is 3.76. The van der Waals surface area contributed by atoms with E-state index in [0.29, 0.717) is 16.5 Å². The van der Waals surface area contributed by atoms with Crippen molar-refractivity contribution in [2.45, 2.75) is 0 Å². The molecule has 0 unspecified atom stereocenters. The summed E-state index contributed by atoms with van der Waals surface area (Å²) in [5.74, 6) is -0.635. The number of hydroxylamine groups is 1. The molecule has 3 rings (SSSR count). The summed E-state index contributed by atoms with van der Waals surface area (Å²) in [7, 11) is 0. The largest absolute Gasteiger partial charge is 0.486 e. The molecule has 0 aliphatic carbocycles. The van der Waals surface area contributed by atoms with Crippen molar-refractivity contribution in [1.29, 1.82) is 5.41 Å². The van der Waals surface area contributed by atoms with Crippen LogP contribution in [0, 0.1) is 11.2 Å². The van der Waals surface area contributed by atoms with Gasteiger partial charge in [0.2, 0.25) is 5.82 Å². The minimum Gasteiger partial charge on any atom is -0.486 e. The van der Waals surface area contributed by atoms with Gasteiger partial charge in [0.1, 0.15) is 18.2 Å². The van der Waals surface area contributed by atoms with Gasteiger partial charge in [-0.3, -0.25) is 20.0 Å². The van der Waals surface area contributed by atoms with Crippen LogP contribution in [-0.4, -0.2) is 27.2 Å². The van der Waals surface area contributed by atoms with E-state index in [-0.39, 0.29) is 18.3 Å². The van der Waals surface area contributed by atoms with E-state index >= 15 is 0 Å². The number of halogens is 1. The predicted octanol–water partition coefficient (Wildman–Crippen LogP) is 2.62. The van der Waals surface area contributed by atoms with Crippen LogP contribution in [-0.2, 0) is 0 Å². The molecular formula is C18H15FN4O3. The van der Waals surface area contributed by atoms with Crippen LogP contribution in [0.1, 0.15) is 0 Å². The van der Waals surface area contributed by atoms with Crippen LogP contribution in [0.15, 0.2) is 71.8 Å². The Morgan fingerprint density at radius 1 is 1.19 bits per heavy atom. The van der Waals surface area contributed by atoms with Gasteiger partial charge < -0.3 is 4.74 Å². The van der Waals surface area contributed by atoms with Crippen LogP contribution in [0.2, 0.25) is 0 Å². The summed E-state index contributed by atoms with van der Waals surface area (Å²) in [6, 6.07) is 14.1. The first-order chi connectivity index (χ1) is 12.6. The Morgan fingerprint density at radius 3 is 2.58 bits per heavy atom. The second kappa shape index (κ2) is 7.58. The van der Waals surface area contributed by atoms with Gasteiger partial charge in [0, 0.05) is 18.1 Å². The van der Waals surface area contributed by atoms with Gasteiger partial charge in [0.25, 0.3) is 0 Å². The van der Waals surface area contributed by atoms with Gasteiger partial charge in [-0.2, -0.15) is 5.06 Å². The molecule has 1 heterocycles. The van der Waals surface area contributed by atoms with Gasteiger partial charge in [-0.25, -0.2) is 9.37 Å². The Kier molecular flexibility index (Phi) is 5.04. The van der Waals surface area contributed by atoms with E-state index in [9.17, 15) is 14.4 Å². The maximum absolute atomic E-state index is 13.1. The lowest BCUT2D eigenvalue weighted by molar-refractivity contribution is 0.289. The van der Waals surface area contributed by atoms with Crippen molar-refractivity contribution >= 4 is 11.7 Å². The van der Waals surface area contributed by atoms with E-state index in [1.54, 1.807) is 24.3 Å². The zero-order valence-electron chi connectivity index (χ0n) is 13.5. The number of hydrogen-bond acceptors (Lipinski definition) is 5. The summed E-state index contributed by atoms with van der Waals surface area (Å²) >= 11 is 0. The zero-order chi connectivity index (χ0) is 18.5.